The number of halogens is 1. The first kappa shape index (κ1) is 10.9. The van der Waals surface area contributed by atoms with Crippen molar-refractivity contribution in [3.63, 3.8) is 0 Å². The summed E-state index contributed by atoms with van der Waals surface area (Å²) in [7, 11) is 0. The van der Waals surface area contributed by atoms with Gasteiger partial charge in [-0.25, -0.2) is 4.98 Å². The largest absolute Gasteiger partial charge is 0.481 e. The van der Waals surface area contributed by atoms with Gasteiger partial charge in [0.1, 0.15) is 0 Å². The molecule has 1 aromatic rings. The van der Waals surface area contributed by atoms with Gasteiger partial charge in [-0.2, -0.15) is 0 Å². The number of carbonyl (C=O) groups excluding carboxylic acids is 1. The van der Waals surface area contributed by atoms with Crippen LogP contribution in [-0.2, 0) is 9.59 Å². The van der Waals surface area contributed by atoms with Crippen LogP contribution in [-0.4, -0.2) is 22.0 Å². The maximum atomic E-state index is 11.6. The third-order valence-corrected chi connectivity index (χ3v) is 2.76. The zero-order chi connectivity index (χ0) is 11.7. The summed E-state index contributed by atoms with van der Waals surface area (Å²) < 4.78 is 0. The molecule has 1 aliphatic carbocycles. The fourth-order valence-corrected chi connectivity index (χ4v) is 1.63. The van der Waals surface area contributed by atoms with Gasteiger partial charge in [0.2, 0.25) is 5.91 Å². The third kappa shape index (κ3) is 2.14. The highest BCUT2D eigenvalue weighted by Crippen LogP contribution is 2.39. The van der Waals surface area contributed by atoms with E-state index in [0.29, 0.717) is 12.1 Å². The van der Waals surface area contributed by atoms with E-state index in [-0.39, 0.29) is 11.1 Å². The Kier molecular flexibility index (Phi) is 2.78. The van der Waals surface area contributed by atoms with Crippen LogP contribution < -0.4 is 5.32 Å². The van der Waals surface area contributed by atoms with Gasteiger partial charge in [-0.15, -0.1) is 0 Å². The van der Waals surface area contributed by atoms with Crippen molar-refractivity contribution in [3.05, 3.63) is 23.5 Å². The molecule has 1 saturated carbocycles. The summed E-state index contributed by atoms with van der Waals surface area (Å²) in [4.78, 5) is 26.0. The first-order chi connectivity index (χ1) is 7.59. The molecule has 0 bridgehead atoms. The molecule has 1 amide bonds. The fourth-order valence-electron chi connectivity index (χ4n) is 1.46. The molecule has 1 aromatic heterocycles. The van der Waals surface area contributed by atoms with Crippen molar-refractivity contribution in [1.82, 2.24) is 4.98 Å². The highest BCUT2D eigenvalue weighted by atomic mass is 35.5. The standard InChI is InChI=1S/C10H9ClN2O3/c11-8-7(2-1-3-12-8)13-9(14)5-4-6(5)10(15)16/h1-3,5-6H,4H2,(H,13,14)(H,15,16)/t5-,6+/m1/s1. The van der Waals surface area contributed by atoms with E-state index < -0.39 is 17.8 Å². The van der Waals surface area contributed by atoms with E-state index in [2.05, 4.69) is 10.3 Å². The fraction of sp³-hybridized carbons (Fsp3) is 0.300. The number of carbonyl (C=O) groups is 2. The Labute approximate surface area is 96.4 Å². The van der Waals surface area contributed by atoms with Gasteiger partial charge in [0.15, 0.2) is 5.15 Å². The molecule has 2 atom stereocenters. The third-order valence-electron chi connectivity index (χ3n) is 2.46. The van der Waals surface area contributed by atoms with Gasteiger partial charge in [-0.1, -0.05) is 11.6 Å². The number of amides is 1. The molecular weight excluding hydrogens is 232 g/mol. The van der Waals surface area contributed by atoms with Crippen molar-refractivity contribution in [2.24, 2.45) is 11.8 Å². The predicted molar refractivity (Wildman–Crippen MR) is 57.1 cm³/mol. The van der Waals surface area contributed by atoms with Crippen molar-refractivity contribution >= 4 is 29.2 Å². The van der Waals surface area contributed by atoms with E-state index in [1.54, 1.807) is 12.1 Å². The first-order valence-electron chi connectivity index (χ1n) is 4.74. The average Bonchev–Trinajstić information content (AvgIpc) is 3.01. The molecule has 1 aliphatic rings. The minimum atomic E-state index is -0.933. The first-order valence-corrected chi connectivity index (χ1v) is 5.11. The Balaban J connectivity index is 1.99. The van der Waals surface area contributed by atoms with Gasteiger partial charge in [0.25, 0.3) is 0 Å². The molecule has 0 saturated heterocycles. The molecule has 0 unspecified atom stereocenters. The molecule has 84 valence electrons. The lowest BCUT2D eigenvalue weighted by Gasteiger charge is -2.04. The molecule has 2 N–H and O–H groups in total. The van der Waals surface area contributed by atoms with Crippen LogP contribution in [0.25, 0.3) is 0 Å². The van der Waals surface area contributed by atoms with E-state index in [0.717, 1.165) is 0 Å². The number of anilines is 1. The second-order valence-corrected chi connectivity index (χ2v) is 3.98. The summed E-state index contributed by atoms with van der Waals surface area (Å²) in [6.45, 7) is 0. The number of hydrogen-bond acceptors (Lipinski definition) is 3. The SMILES string of the molecule is O=C(O)[C@H]1C[C@H]1C(=O)Nc1cccnc1Cl. The number of nitrogens with zero attached hydrogens (tertiary/aromatic N) is 1. The maximum absolute atomic E-state index is 11.6. The van der Waals surface area contributed by atoms with Crippen LogP contribution in [0.3, 0.4) is 0 Å². The average molecular weight is 241 g/mol. The van der Waals surface area contributed by atoms with Gasteiger partial charge < -0.3 is 10.4 Å². The number of rotatable bonds is 3. The summed E-state index contributed by atoms with van der Waals surface area (Å²) in [5.74, 6) is -2.26. The highest BCUT2D eigenvalue weighted by Gasteiger charge is 2.48. The van der Waals surface area contributed by atoms with Crippen molar-refractivity contribution in [1.29, 1.82) is 0 Å². The number of hydrogen-bond donors (Lipinski definition) is 2. The van der Waals surface area contributed by atoms with Crippen LogP contribution in [0.5, 0.6) is 0 Å². The quantitative estimate of drug-likeness (QED) is 0.783. The topological polar surface area (TPSA) is 79.3 Å². The number of pyridine rings is 1. The van der Waals surface area contributed by atoms with E-state index in [4.69, 9.17) is 16.7 Å². The summed E-state index contributed by atoms with van der Waals surface area (Å²) in [6.07, 6.45) is 1.90. The van der Waals surface area contributed by atoms with Crippen LogP contribution in [0.2, 0.25) is 5.15 Å². The number of aromatic nitrogens is 1. The van der Waals surface area contributed by atoms with Crippen LogP contribution >= 0.6 is 11.6 Å². The molecule has 0 aliphatic heterocycles. The van der Waals surface area contributed by atoms with Gasteiger partial charge >= 0.3 is 5.97 Å². The van der Waals surface area contributed by atoms with E-state index >= 15 is 0 Å². The Morgan fingerprint density at radius 1 is 1.50 bits per heavy atom. The predicted octanol–water partition coefficient (Wildman–Crippen LogP) is 1.39. The van der Waals surface area contributed by atoms with Crippen molar-refractivity contribution in [2.45, 2.75) is 6.42 Å². The lowest BCUT2D eigenvalue weighted by Crippen LogP contribution is -2.17. The number of carboxylic acids is 1. The van der Waals surface area contributed by atoms with Crippen LogP contribution in [0, 0.1) is 11.8 Å². The van der Waals surface area contributed by atoms with Crippen LogP contribution in [0.4, 0.5) is 5.69 Å². The Bertz CT molecular complexity index is 449. The summed E-state index contributed by atoms with van der Waals surface area (Å²) in [5, 5.41) is 11.4. The molecule has 0 spiro atoms. The summed E-state index contributed by atoms with van der Waals surface area (Å²) in [6, 6.07) is 3.26. The number of carboxylic acid groups (broad SMARTS) is 1. The normalized spacial score (nSPS) is 22.6. The molecule has 1 fully saturated rings. The lowest BCUT2D eigenvalue weighted by atomic mass is 10.3. The van der Waals surface area contributed by atoms with Gasteiger partial charge in [0.05, 0.1) is 17.5 Å². The zero-order valence-electron chi connectivity index (χ0n) is 8.18. The molecule has 0 radical (unpaired) electrons. The smallest absolute Gasteiger partial charge is 0.307 e. The van der Waals surface area contributed by atoms with E-state index in [1.165, 1.54) is 6.20 Å². The van der Waals surface area contributed by atoms with Crippen LogP contribution in [0.15, 0.2) is 18.3 Å². The Hall–Kier alpha value is -1.62. The molecule has 0 aromatic carbocycles. The molecule has 2 rings (SSSR count). The van der Waals surface area contributed by atoms with Gasteiger partial charge in [0, 0.05) is 6.20 Å². The highest BCUT2D eigenvalue weighted by molar-refractivity contribution is 6.32. The van der Waals surface area contributed by atoms with Crippen LogP contribution in [0.1, 0.15) is 6.42 Å². The van der Waals surface area contributed by atoms with Crippen molar-refractivity contribution < 1.29 is 14.7 Å². The number of nitrogens with one attached hydrogen (secondary N) is 1. The minimum absolute atomic E-state index is 0.198. The summed E-state index contributed by atoms with van der Waals surface area (Å²) in [5.41, 5.74) is 0.408. The minimum Gasteiger partial charge on any atom is -0.481 e. The van der Waals surface area contributed by atoms with Crippen molar-refractivity contribution in [2.75, 3.05) is 5.32 Å². The Morgan fingerprint density at radius 3 is 2.81 bits per heavy atom. The molecular formula is C10H9ClN2O3. The lowest BCUT2D eigenvalue weighted by molar-refractivity contribution is -0.139. The second-order valence-electron chi connectivity index (χ2n) is 3.62. The second kappa shape index (κ2) is 4.09. The molecule has 16 heavy (non-hydrogen) atoms. The van der Waals surface area contributed by atoms with Gasteiger partial charge in [-0.3, -0.25) is 9.59 Å². The van der Waals surface area contributed by atoms with E-state index in [1.807, 2.05) is 0 Å². The molecule has 5 nitrogen and oxygen atoms in total. The number of aliphatic carboxylic acids is 1. The maximum Gasteiger partial charge on any atom is 0.307 e. The Morgan fingerprint density at radius 2 is 2.25 bits per heavy atom. The zero-order valence-corrected chi connectivity index (χ0v) is 8.94. The summed E-state index contributed by atoms with van der Waals surface area (Å²) >= 11 is 5.75. The molecule has 1 heterocycles. The van der Waals surface area contributed by atoms with Crippen molar-refractivity contribution in [3.8, 4) is 0 Å². The van der Waals surface area contributed by atoms with Gasteiger partial charge in [-0.05, 0) is 18.6 Å². The molecule has 6 heteroatoms. The monoisotopic (exact) mass is 240 g/mol. The van der Waals surface area contributed by atoms with E-state index in [9.17, 15) is 9.59 Å².